The van der Waals surface area contributed by atoms with Crippen LogP contribution in [0.25, 0.3) is 0 Å². The van der Waals surface area contributed by atoms with Crippen molar-refractivity contribution >= 4 is 11.8 Å². The van der Waals surface area contributed by atoms with Gasteiger partial charge in [0.15, 0.2) is 23.0 Å². The number of benzene rings is 2. The average Bonchev–Trinajstić information content (AvgIpc) is 3.63. The van der Waals surface area contributed by atoms with Gasteiger partial charge in [-0.25, -0.2) is 0 Å². The summed E-state index contributed by atoms with van der Waals surface area (Å²) >= 11 is 0. The molecule has 0 atom stereocenters. The fourth-order valence-corrected chi connectivity index (χ4v) is 4.11. The van der Waals surface area contributed by atoms with E-state index < -0.39 is 5.91 Å². The zero-order chi connectivity index (χ0) is 27.1. The molecule has 2 aromatic carbocycles. The van der Waals surface area contributed by atoms with Crippen LogP contribution in [0.1, 0.15) is 21.7 Å². The number of carbonyl (C=O) groups excluding carboxylic acids is 2. The van der Waals surface area contributed by atoms with E-state index in [1.165, 1.54) is 26.2 Å². The molecule has 10 nitrogen and oxygen atoms in total. The molecule has 2 heterocycles. The van der Waals surface area contributed by atoms with Crippen molar-refractivity contribution in [1.82, 2.24) is 9.80 Å². The highest BCUT2D eigenvalue weighted by atomic mass is 16.7. The lowest BCUT2D eigenvalue weighted by Gasteiger charge is -2.27. The zero-order valence-corrected chi connectivity index (χ0v) is 21.6. The predicted molar refractivity (Wildman–Crippen MR) is 138 cm³/mol. The second kappa shape index (κ2) is 12.1. The maximum Gasteiger partial charge on any atom is 0.254 e. The van der Waals surface area contributed by atoms with E-state index in [-0.39, 0.29) is 44.4 Å². The molecule has 1 aliphatic heterocycles. The lowest BCUT2D eigenvalue weighted by Crippen LogP contribution is -2.42. The zero-order valence-electron chi connectivity index (χ0n) is 21.6. The van der Waals surface area contributed by atoms with Gasteiger partial charge in [-0.3, -0.25) is 9.59 Å². The quantitative estimate of drug-likeness (QED) is 0.331. The van der Waals surface area contributed by atoms with Gasteiger partial charge in [-0.15, -0.1) is 6.58 Å². The first-order valence-electron chi connectivity index (χ1n) is 11.9. The molecule has 0 fully saturated rings. The maximum absolute atomic E-state index is 13.6. The van der Waals surface area contributed by atoms with Crippen molar-refractivity contribution in [1.29, 1.82) is 0 Å². The minimum Gasteiger partial charge on any atom is -0.493 e. The van der Waals surface area contributed by atoms with Crippen LogP contribution in [-0.4, -0.2) is 62.8 Å². The number of amides is 2. The van der Waals surface area contributed by atoms with Crippen LogP contribution in [-0.2, 0) is 17.9 Å². The molecule has 1 aliphatic rings. The number of methoxy groups -OCH3 is 3. The van der Waals surface area contributed by atoms with E-state index in [0.717, 1.165) is 5.56 Å². The summed E-state index contributed by atoms with van der Waals surface area (Å²) in [5.41, 5.74) is 1.13. The highest BCUT2D eigenvalue weighted by Crippen LogP contribution is 2.38. The SMILES string of the molecule is C=CCN(CC(=O)N(Cc1ccc2c(c1)OCO2)Cc1ccco1)C(=O)c1cc(OC)c(OC)c(OC)c1. The lowest BCUT2D eigenvalue weighted by atomic mass is 10.1. The van der Waals surface area contributed by atoms with Crippen LogP contribution >= 0.6 is 0 Å². The predicted octanol–water partition coefficient (Wildman–Crippen LogP) is 3.89. The van der Waals surface area contributed by atoms with Gasteiger partial charge in [-0.05, 0) is 42.0 Å². The van der Waals surface area contributed by atoms with Crippen LogP contribution in [0.3, 0.4) is 0 Å². The van der Waals surface area contributed by atoms with E-state index in [4.69, 9.17) is 28.1 Å². The molecule has 3 aromatic rings. The number of ether oxygens (including phenoxy) is 5. The Balaban J connectivity index is 1.58. The molecule has 200 valence electrons. The van der Waals surface area contributed by atoms with Crippen LogP contribution < -0.4 is 23.7 Å². The second-order valence-corrected chi connectivity index (χ2v) is 8.41. The fraction of sp³-hybridized carbons (Fsp3) is 0.286. The summed E-state index contributed by atoms with van der Waals surface area (Å²) in [7, 11) is 4.43. The molecule has 0 saturated carbocycles. The van der Waals surface area contributed by atoms with Crippen LogP contribution in [0.15, 0.2) is 65.8 Å². The molecule has 2 amide bonds. The first-order valence-corrected chi connectivity index (χ1v) is 11.9. The minimum absolute atomic E-state index is 0.153. The molecule has 38 heavy (non-hydrogen) atoms. The van der Waals surface area contributed by atoms with Crippen LogP contribution in [0, 0.1) is 0 Å². The highest BCUT2D eigenvalue weighted by Gasteiger charge is 2.25. The summed E-state index contributed by atoms with van der Waals surface area (Å²) in [5.74, 6) is 2.27. The fourth-order valence-electron chi connectivity index (χ4n) is 4.11. The van der Waals surface area contributed by atoms with E-state index in [2.05, 4.69) is 6.58 Å². The third-order valence-corrected chi connectivity index (χ3v) is 5.96. The molecule has 1 aromatic heterocycles. The van der Waals surface area contributed by atoms with Crippen molar-refractivity contribution in [2.24, 2.45) is 0 Å². The van der Waals surface area contributed by atoms with E-state index in [1.54, 1.807) is 41.5 Å². The van der Waals surface area contributed by atoms with Gasteiger partial charge in [0, 0.05) is 18.7 Å². The summed E-state index contributed by atoms with van der Waals surface area (Å²) in [6.45, 7) is 4.38. The third kappa shape index (κ3) is 5.86. The molecule has 0 spiro atoms. The van der Waals surface area contributed by atoms with E-state index in [1.807, 2.05) is 18.2 Å². The Morgan fingerprint density at radius 1 is 0.947 bits per heavy atom. The highest BCUT2D eigenvalue weighted by molar-refractivity contribution is 5.97. The number of carbonyl (C=O) groups is 2. The Hall–Kier alpha value is -4.60. The third-order valence-electron chi connectivity index (χ3n) is 5.96. The molecular weight excluding hydrogens is 492 g/mol. The van der Waals surface area contributed by atoms with Crippen molar-refractivity contribution in [2.75, 3.05) is 41.2 Å². The Bertz CT molecular complexity index is 1260. The number of hydrogen-bond acceptors (Lipinski definition) is 8. The first-order chi connectivity index (χ1) is 18.5. The number of hydrogen-bond donors (Lipinski definition) is 0. The van der Waals surface area contributed by atoms with Crippen LogP contribution in [0.2, 0.25) is 0 Å². The minimum atomic E-state index is -0.390. The number of rotatable bonds is 12. The van der Waals surface area contributed by atoms with Gasteiger partial charge >= 0.3 is 0 Å². The van der Waals surface area contributed by atoms with Gasteiger partial charge in [-0.1, -0.05) is 12.1 Å². The van der Waals surface area contributed by atoms with Gasteiger partial charge in [0.05, 0.1) is 34.1 Å². The molecular formula is C28H30N2O8. The summed E-state index contributed by atoms with van der Waals surface area (Å²) in [6.07, 6.45) is 3.12. The number of fused-ring (bicyclic) bond motifs is 1. The summed E-state index contributed by atoms with van der Waals surface area (Å²) in [6, 6.07) is 12.2. The van der Waals surface area contributed by atoms with Crippen molar-refractivity contribution in [3.05, 3.63) is 78.3 Å². The largest absolute Gasteiger partial charge is 0.493 e. The van der Waals surface area contributed by atoms with Crippen molar-refractivity contribution in [2.45, 2.75) is 13.1 Å². The van der Waals surface area contributed by atoms with E-state index in [9.17, 15) is 9.59 Å². The molecule has 0 unspecified atom stereocenters. The molecule has 10 heteroatoms. The van der Waals surface area contributed by atoms with Gasteiger partial charge in [0.2, 0.25) is 18.4 Å². The molecule has 4 rings (SSSR count). The lowest BCUT2D eigenvalue weighted by molar-refractivity contribution is -0.133. The van der Waals surface area contributed by atoms with E-state index in [0.29, 0.717) is 34.5 Å². The first kappa shape index (κ1) is 26.5. The number of nitrogens with zero attached hydrogens (tertiary/aromatic N) is 2. The second-order valence-electron chi connectivity index (χ2n) is 8.41. The summed E-state index contributed by atoms with van der Waals surface area (Å²) in [5, 5.41) is 0. The Morgan fingerprint density at radius 3 is 2.32 bits per heavy atom. The molecule has 0 N–H and O–H groups in total. The van der Waals surface area contributed by atoms with Crippen LogP contribution in [0.4, 0.5) is 0 Å². The Labute approximate surface area is 220 Å². The van der Waals surface area contributed by atoms with Crippen molar-refractivity contribution in [3.63, 3.8) is 0 Å². The van der Waals surface area contributed by atoms with Crippen molar-refractivity contribution in [3.8, 4) is 28.7 Å². The van der Waals surface area contributed by atoms with Crippen molar-refractivity contribution < 1.29 is 37.7 Å². The standard InChI is InChI=1S/C28H30N2O8/c1-5-10-29(28(32)20-13-24(33-2)27(35-4)25(14-20)34-3)17-26(31)30(16-21-7-6-11-36-21)15-19-8-9-22-23(12-19)38-18-37-22/h5-9,11-14H,1,10,15-18H2,2-4H3. The maximum atomic E-state index is 13.6. The number of furan rings is 1. The van der Waals surface area contributed by atoms with Gasteiger partial charge in [0.25, 0.3) is 5.91 Å². The molecule has 0 saturated heterocycles. The van der Waals surface area contributed by atoms with Gasteiger partial charge in [0.1, 0.15) is 12.3 Å². The average molecular weight is 523 g/mol. The molecule has 0 aliphatic carbocycles. The van der Waals surface area contributed by atoms with Gasteiger partial charge in [-0.2, -0.15) is 0 Å². The monoisotopic (exact) mass is 522 g/mol. The smallest absolute Gasteiger partial charge is 0.254 e. The Kier molecular flexibility index (Phi) is 8.42. The van der Waals surface area contributed by atoms with E-state index >= 15 is 0 Å². The molecule has 0 bridgehead atoms. The summed E-state index contributed by atoms with van der Waals surface area (Å²) in [4.78, 5) is 30.2. The molecule has 0 radical (unpaired) electrons. The normalized spacial score (nSPS) is 11.6. The summed E-state index contributed by atoms with van der Waals surface area (Å²) < 4.78 is 32.5. The van der Waals surface area contributed by atoms with Gasteiger partial charge < -0.3 is 37.9 Å². The Morgan fingerprint density at radius 2 is 1.68 bits per heavy atom. The topological polar surface area (TPSA) is 99.9 Å². The van der Waals surface area contributed by atoms with Crippen LogP contribution in [0.5, 0.6) is 28.7 Å².